The SMILES string of the molecule is CCC(c1ccccc1)c1c(O)cc(C)n(OCc2ccccc2)c1=O. The van der Waals surface area contributed by atoms with Crippen molar-refractivity contribution < 1.29 is 9.94 Å². The molecule has 0 aliphatic heterocycles. The predicted octanol–water partition coefficient (Wildman–Crippen LogP) is 4.03. The standard InChI is InChI=1S/C22H23NO3/c1-3-19(18-12-8-5-9-13-18)21-20(24)14-16(2)23(22(21)25)26-15-17-10-6-4-7-11-17/h4-14,19,24H,3,15H2,1-2H3. The lowest BCUT2D eigenvalue weighted by atomic mass is 9.89. The van der Waals surface area contributed by atoms with Crippen molar-refractivity contribution in [3.63, 3.8) is 0 Å². The third kappa shape index (κ3) is 3.64. The number of benzene rings is 2. The largest absolute Gasteiger partial charge is 0.507 e. The molecule has 3 rings (SSSR count). The van der Waals surface area contributed by atoms with Crippen LogP contribution >= 0.6 is 0 Å². The molecule has 1 atom stereocenters. The van der Waals surface area contributed by atoms with E-state index < -0.39 is 0 Å². The minimum absolute atomic E-state index is 0.0164. The van der Waals surface area contributed by atoms with E-state index in [1.165, 1.54) is 4.73 Å². The lowest BCUT2D eigenvalue weighted by Gasteiger charge is -2.20. The lowest BCUT2D eigenvalue weighted by molar-refractivity contribution is 0.0831. The Kier molecular flexibility index (Phi) is 5.42. The van der Waals surface area contributed by atoms with Gasteiger partial charge in [0.2, 0.25) is 0 Å². The zero-order valence-electron chi connectivity index (χ0n) is 15.1. The van der Waals surface area contributed by atoms with Crippen LogP contribution in [0.3, 0.4) is 0 Å². The van der Waals surface area contributed by atoms with Crippen LogP contribution in [0.25, 0.3) is 0 Å². The van der Waals surface area contributed by atoms with Gasteiger partial charge in [0.15, 0.2) is 0 Å². The molecule has 1 heterocycles. The van der Waals surface area contributed by atoms with E-state index in [0.717, 1.165) is 11.1 Å². The van der Waals surface area contributed by atoms with Gasteiger partial charge >= 0.3 is 0 Å². The van der Waals surface area contributed by atoms with Crippen molar-refractivity contribution in [3.8, 4) is 5.75 Å². The second kappa shape index (κ2) is 7.91. The van der Waals surface area contributed by atoms with Gasteiger partial charge in [-0.3, -0.25) is 4.79 Å². The van der Waals surface area contributed by atoms with Crippen LogP contribution in [0.2, 0.25) is 0 Å². The van der Waals surface area contributed by atoms with Gasteiger partial charge in [-0.15, -0.1) is 4.73 Å². The first-order valence-electron chi connectivity index (χ1n) is 8.79. The molecule has 1 N–H and O–H groups in total. The fourth-order valence-corrected chi connectivity index (χ4v) is 3.21. The van der Waals surface area contributed by atoms with Crippen LogP contribution in [-0.4, -0.2) is 9.84 Å². The number of aromatic nitrogens is 1. The molecule has 1 unspecified atom stereocenters. The average Bonchev–Trinajstić information content (AvgIpc) is 2.66. The Balaban J connectivity index is 2.00. The van der Waals surface area contributed by atoms with E-state index in [0.29, 0.717) is 17.7 Å². The Morgan fingerprint density at radius 1 is 1.04 bits per heavy atom. The van der Waals surface area contributed by atoms with Crippen molar-refractivity contribution >= 4 is 0 Å². The summed E-state index contributed by atoms with van der Waals surface area (Å²) in [6.07, 6.45) is 0.703. The minimum atomic E-state index is -0.311. The van der Waals surface area contributed by atoms with Gasteiger partial charge in [0.25, 0.3) is 5.56 Å². The first-order valence-corrected chi connectivity index (χ1v) is 8.79. The number of hydrogen-bond donors (Lipinski definition) is 1. The zero-order chi connectivity index (χ0) is 18.5. The molecule has 0 fully saturated rings. The summed E-state index contributed by atoms with van der Waals surface area (Å²) in [6.45, 7) is 4.04. The molecule has 0 radical (unpaired) electrons. The minimum Gasteiger partial charge on any atom is -0.507 e. The highest BCUT2D eigenvalue weighted by Crippen LogP contribution is 2.31. The third-order valence-electron chi connectivity index (χ3n) is 4.52. The quantitative estimate of drug-likeness (QED) is 0.731. The molecule has 4 nitrogen and oxygen atoms in total. The number of aryl methyl sites for hydroxylation is 1. The van der Waals surface area contributed by atoms with Gasteiger partial charge in [0.05, 0.1) is 11.3 Å². The fourth-order valence-electron chi connectivity index (χ4n) is 3.21. The number of pyridine rings is 1. The van der Waals surface area contributed by atoms with E-state index in [-0.39, 0.29) is 23.8 Å². The van der Waals surface area contributed by atoms with Gasteiger partial charge in [0.1, 0.15) is 12.4 Å². The van der Waals surface area contributed by atoms with Crippen molar-refractivity contribution in [2.45, 2.75) is 32.8 Å². The maximum Gasteiger partial charge on any atom is 0.290 e. The van der Waals surface area contributed by atoms with Crippen LogP contribution in [0.5, 0.6) is 5.75 Å². The summed E-state index contributed by atoms with van der Waals surface area (Å²) in [5.41, 5.74) is 2.60. The number of rotatable bonds is 6. The monoisotopic (exact) mass is 349 g/mol. The first kappa shape index (κ1) is 17.8. The highest BCUT2D eigenvalue weighted by atomic mass is 16.7. The smallest absolute Gasteiger partial charge is 0.290 e. The number of nitrogens with zero attached hydrogens (tertiary/aromatic N) is 1. The van der Waals surface area contributed by atoms with E-state index in [9.17, 15) is 9.90 Å². The molecule has 2 aromatic carbocycles. The summed E-state index contributed by atoms with van der Waals surface area (Å²) < 4.78 is 1.29. The summed E-state index contributed by atoms with van der Waals surface area (Å²) >= 11 is 0. The van der Waals surface area contributed by atoms with E-state index >= 15 is 0 Å². The third-order valence-corrected chi connectivity index (χ3v) is 4.52. The molecular formula is C22H23NO3. The van der Waals surface area contributed by atoms with Crippen LogP contribution in [0, 0.1) is 6.92 Å². The molecule has 0 aliphatic carbocycles. The molecule has 0 saturated heterocycles. The number of aromatic hydroxyl groups is 1. The van der Waals surface area contributed by atoms with E-state index in [4.69, 9.17) is 4.84 Å². The van der Waals surface area contributed by atoms with Crippen molar-refractivity contribution in [3.05, 3.63) is 99.5 Å². The van der Waals surface area contributed by atoms with Crippen LogP contribution in [0.1, 0.15) is 41.6 Å². The van der Waals surface area contributed by atoms with Crippen molar-refractivity contribution in [1.29, 1.82) is 0 Å². The van der Waals surface area contributed by atoms with Gasteiger partial charge in [-0.25, -0.2) is 0 Å². The second-order valence-corrected chi connectivity index (χ2v) is 6.31. The van der Waals surface area contributed by atoms with E-state index in [1.807, 2.05) is 67.6 Å². The molecular weight excluding hydrogens is 326 g/mol. The maximum atomic E-state index is 13.1. The number of hydrogen-bond acceptors (Lipinski definition) is 3. The van der Waals surface area contributed by atoms with Gasteiger partial charge < -0.3 is 9.94 Å². The summed E-state index contributed by atoms with van der Waals surface area (Å²) in [6, 6.07) is 21.0. The fraction of sp³-hybridized carbons (Fsp3) is 0.227. The van der Waals surface area contributed by atoms with Crippen LogP contribution in [-0.2, 0) is 6.61 Å². The van der Waals surface area contributed by atoms with Crippen LogP contribution in [0.4, 0.5) is 0 Å². The second-order valence-electron chi connectivity index (χ2n) is 6.31. The van der Waals surface area contributed by atoms with Crippen LogP contribution < -0.4 is 10.4 Å². The van der Waals surface area contributed by atoms with Crippen LogP contribution in [0.15, 0.2) is 71.5 Å². The normalized spacial score (nSPS) is 11.9. The first-order chi connectivity index (χ1) is 12.6. The predicted molar refractivity (Wildman–Crippen MR) is 102 cm³/mol. The maximum absolute atomic E-state index is 13.1. The summed E-state index contributed by atoms with van der Waals surface area (Å²) in [5, 5.41) is 10.5. The molecule has 3 aromatic rings. The summed E-state index contributed by atoms with van der Waals surface area (Å²) in [7, 11) is 0. The molecule has 1 aromatic heterocycles. The van der Waals surface area contributed by atoms with Gasteiger partial charge in [-0.05, 0) is 24.5 Å². The zero-order valence-corrected chi connectivity index (χ0v) is 15.1. The Labute approximate surface area is 153 Å². The van der Waals surface area contributed by atoms with E-state index in [1.54, 1.807) is 13.0 Å². The molecule has 0 saturated carbocycles. The summed E-state index contributed by atoms with van der Waals surface area (Å²) in [4.78, 5) is 18.9. The Hall–Kier alpha value is -3.01. The lowest BCUT2D eigenvalue weighted by Crippen LogP contribution is -2.32. The van der Waals surface area contributed by atoms with Crippen molar-refractivity contribution in [1.82, 2.24) is 4.73 Å². The highest BCUT2D eigenvalue weighted by molar-refractivity contribution is 5.40. The molecule has 134 valence electrons. The van der Waals surface area contributed by atoms with Gasteiger partial charge in [-0.2, -0.15) is 0 Å². The van der Waals surface area contributed by atoms with E-state index in [2.05, 4.69) is 0 Å². The molecule has 4 heteroatoms. The Morgan fingerprint density at radius 3 is 2.27 bits per heavy atom. The summed E-state index contributed by atoms with van der Waals surface area (Å²) in [5.74, 6) is -0.168. The molecule has 0 spiro atoms. The molecule has 0 amide bonds. The van der Waals surface area contributed by atoms with Gasteiger partial charge in [0, 0.05) is 12.0 Å². The Morgan fingerprint density at radius 2 is 1.65 bits per heavy atom. The molecule has 0 bridgehead atoms. The topological polar surface area (TPSA) is 51.5 Å². The molecule has 0 aliphatic rings. The van der Waals surface area contributed by atoms with Crippen molar-refractivity contribution in [2.24, 2.45) is 0 Å². The van der Waals surface area contributed by atoms with Gasteiger partial charge in [-0.1, -0.05) is 67.6 Å². The Bertz CT molecular complexity index is 917. The average molecular weight is 349 g/mol. The highest BCUT2D eigenvalue weighted by Gasteiger charge is 2.22. The molecule has 26 heavy (non-hydrogen) atoms. The van der Waals surface area contributed by atoms with Crippen molar-refractivity contribution in [2.75, 3.05) is 0 Å².